The number of Topliss-reactive ketones (excluding diaryl/α,β-unsaturated/α-hetero) is 1. The highest BCUT2D eigenvalue weighted by Gasteiger charge is 2.28. The van der Waals surface area contributed by atoms with Crippen LogP contribution in [0.5, 0.6) is 0 Å². The number of rotatable bonds is 5. The third kappa shape index (κ3) is 3.39. The van der Waals surface area contributed by atoms with Gasteiger partial charge >= 0.3 is 0 Å². The van der Waals surface area contributed by atoms with Gasteiger partial charge in [-0.05, 0) is 42.5 Å². The van der Waals surface area contributed by atoms with E-state index in [1.165, 1.54) is 0 Å². The number of aryl methyl sites for hydroxylation is 2. The quantitative estimate of drug-likeness (QED) is 0.575. The molecule has 0 saturated carbocycles. The van der Waals surface area contributed by atoms with Crippen LogP contribution in [-0.2, 0) is 24.7 Å². The van der Waals surface area contributed by atoms with Crippen molar-refractivity contribution in [1.82, 2.24) is 19.7 Å². The standard InChI is InChI=1S/C24H23F2N5O/c1-3-21(32)17-7-6-15-11-27-24(29-22(15)17)31-8-4-5-14-9-18(16-12-28-30(2)13-16)19(23(25)26)10-20(14)31/h7,9-13,23H,3-6,8H2,1-2H3. The number of benzene rings is 1. The Balaban J connectivity index is 1.59. The fourth-order valence-corrected chi connectivity index (χ4v) is 4.50. The van der Waals surface area contributed by atoms with Gasteiger partial charge in [0.1, 0.15) is 0 Å². The Kier molecular flexibility index (Phi) is 5.07. The molecule has 3 aromatic rings. The minimum Gasteiger partial charge on any atom is -0.310 e. The Morgan fingerprint density at radius 3 is 2.78 bits per heavy atom. The van der Waals surface area contributed by atoms with Crippen molar-refractivity contribution in [3.05, 3.63) is 59.2 Å². The molecule has 32 heavy (non-hydrogen) atoms. The van der Waals surface area contributed by atoms with E-state index in [1.54, 1.807) is 36.4 Å². The molecule has 3 heterocycles. The number of fused-ring (bicyclic) bond motifs is 2. The zero-order valence-electron chi connectivity index (χ0n) is 18.0. The van der Waals surface area contributed by atoms with Crippen LogP contribution in [0.2, 0.25) is 0 Å². The first-order valence-corrected chi connectivity index (χ1v) is 10.8. The zero-order valence-corrected chi connectivity index (χ0v) is 18.0. The maximum atomic E-state index is 14.1. The molecule has 1 aliphatic heterocycles. The van der Waals surface area contributed by atoms with Crippen LogP contribution in [0.25, 0.3) is 16.7 Å². The number of carbonyl (C=O) groups excluding carboxylic acids is 1. The fraction of sp³-hybridized carbons (Fsp3) is 0.333. The highest BCUT2D eigenvalue weighted by molar-refractivity contribution is 6.21. The zero-order chi connectivity index (χ0) is 22.4. The van der Waals surface area contributed by atoms with Gasteiger partial charge in [-0.25, -0.2) is 18.7 Å². The average molecular weight is 435 g/mol. The third-order valence-corrected chi connectivity index (χ3v) is 6.12. The lowest BCUT2D eigenvalue weighted by atomic mass is 9.93. The van der Waals surface area contributed by atoms with Gasteiger partial charge in [0.25, 0.3) is 6.43 Å². The predicted molar refractivity (Wildman–Crippen MR) is 118 cm³/mol. The average Bonchev–Trinajstić information content (AvgIpc) is 3.43. The molecule has 0 radical (unpaired) electrons. The molecule has 0 spiro atoms. The fourth-order valence-electron chi connectivity index (χ4n) is 4.50. The lowest BCUT2D eigenvalue weighted by Gasteiger charge is -2.31. The second kappa shape index (κ2) is 7.93. The maximum absolute atomic E-state index is 14.1. The van der Waals surface area contributed by atoms with Crippen LogP contribution in [0.15, 0.2) is 36.8 Å². The largest absolute Gasteiger partial charge is 0.310 e. The molecule has 2 aliphatic rings. The molecule has 0 N–H and O–H groups in total. The maximum Gasteiger partial charge on any atom is 0.264 e. The van der Waals surface area contributed by atoms with E-state index < -0.39 is 6.43 Å². The van der Waals surface area contributed by atoms with E-state index in [0.29, 0.717) is 53.4 Å². The van der Waals surface area contributed by atoms with Crippen LogP contribution in [0.1, 0.15) is 48.6 Å². The first kappa shape index (κ1) is 20.5. The Bertz CT molecular complexity index is 1250. The Morgan fingerprint density at radius 1 is 1.22 bits per heavy atom. The van der Waals surface area contributed by atoms with Gasteiger partial charge in [-0.2, -0.15) is 5.10 Å². The van der Waals surface area contributed by atoms with Gasteiger partial charge in [0.15, 0.2) is 5.78 Å². The molecule has 0 unspecified atom stereocenters. The minimum atomic E-state index is -2.63. The number of carbonyl (C=O) groups is 1. The van der Waals surface area contributed by atoms with Crippen molar-refractivity contribution in [2.24, 2.45) is 7.05 Å². The van der Waals surface area contributed by atoms with Crippen LogP contribution >= 0.6 is 0 Å². The molecule has 8 heteroatoms. The van der Waals surface area contributed by atoms with Gasteiger partial charge in [0, 0.05) is 60.4 Å². The number of allylic oxidation sites excluding steroid dienone is 2. The summed E-state index contributed by atoms with van der Waals surface area (Å²) in [6, 6.07) is 3.41. The number of alkyl halides is 2. The summed E-state index contributed by atoms with van der Waals surface area (Å²) in [6.07, 6.45) is 7.05. The van der Waals surface area contributed by atoms with Crippen LogP contribution < -0.4 is 4.90 Å². The van der Waals surface area contributed by atoms with Crippen molar-refractivity contribution in [3.8, 4) is 11.1 Å². The summed E-state index contributed by atoms with van der Waals surface area (Å²) >= 11 is 0. The molecular formula is C24H23F2N5O. The Labute approximate surface area is 184 Å². The van der Waals surface area contributed by atoms with Gasteiger partial charge in [-0.15, -0.1) is 0 Å². The van der Waals surface area contributed by atoms with Crippen molar-refractivity contribution in [1.29, 1.82) is 0 Å². The van der Waals surface area contributed by atoms with Gasteiger partial charge in [0.05, 0.1) is 11.9 Å². The predicted octanol–water partition coefficient (Wildman–Crippen LogP) is 4.82. The molecule has 1 aromatic carbocycles. The highest BCUT2D eigenvalue weighted by atomic mass is 19.3. The SMILES string of the molecule is CCC(=O)C1=CCc2cnc(N3CCCc4cc(-c5cnn(C)c5)c(C(F)F)cc43)nc21. The van der Waals surface area contributed by atoms with Gasteiger partial charge in [-0.3, -0.25) is 9.48 Å². The van der Waals surface area contributed by atoms with Gasteiger partial charge in [-0.1, -0.05) is 13.0 Å². The minimum absolute atomic E-state index is 0.0356. The van der Waals surface area contributed by atoms with Crippen molar-refractivity contribution in [2.75, 3.05) is 11.4 Å². The van der Waals surface area contributed by atoms with Crippen LogP contribution in [-0.4, -0.2) is 32.1 Å². The van der Waals surface area contributed by atoms with Crippen LogP contribution in [0, 0.1) is 0 Å². The Morgan fingerprint density at radius 2 is 2.06 bits per heavy atom. The summed E-state index contributed by atoms with van der Waals surface area (Å²) in [6.45, 7) is 2.46. The van der Waals surface area contributed by atoms with Crippen LogP contribution in [0.3, 0.4) is 0 Å². The molecule has 0 amide bonds. The van der Waals surface area contributed by atoms with E-state index in [1.807, 2.05) is 24.0 Å². The second-order valence-electron chi connectivity index (χ2n) is 8.17. The van der Waals surface area contributed by atoms with Crippen molar-refractivity contribution >= 4 is 23.0 Å². The number of ketones is 1. The summed E-state index contributed by atoms with van der Waals surface area (Å²) in [4.78, 5) is 23.4. The number of hydrogen-bond donors (Lipinski definition) is 0. The molecule has 1 aliphatic carbocycles. The molecule has 0 bridgehead atoms. The number of halogens is 2. The smallest absolute Gasteiger partial charge is 0.264 e. The third-order valence-electron chi connectivity index (χ3n) is 6.12. The van der Waals surface area contributed by atoms with Crippen LogP contribution in [0.4, 0.5) is 20.4 Å². The molecule has 6 nitrogen and oxygen atoms in total. The van der Waals surface area contributed by atoms with Crippen molar-refractivity contribution < 1.29 is 13.6 Å². The van der Waals surface area contributed by atoms with E-state index in [2.05, 4.69) is 10.1 Å². The summed E-state index contributed by atoms with van der Waals surface area (Å²) in [5, 5.41) is 4.14. The number of anilines is 2. The number of aromatic nitrogens is 4. The molecule has 5 rings (SSSR count). The number of hydrogen-bond acceptors (Lipinski definition) is 5. The first-order valence-electron chi connectivity index (χ1n) is 10.8. The first-order chi connectivity index (χ1) is 15.5. The summed E-state index contributed by atoms with van der Waals surface area (Å²) < 4.78 is 29.7. The topological polar surface area (TPSA) is 63.9 Å². The summed E-state index contributed by atoms with van der Waals surface area (Å²) in [5.74, 6) is 0.490. The van der Waals surface area contributed by atoms with Crippen molar-refractivity contribution in [2.45, 2.75) is 39.0 Å². The summed E-state index contributed by atoms with van der Waals surface area (Å²) in [5.41, 5.74) is 5.02. The van der Waals surface area contributed by atoms with E-state index in [0.717, 1.165) is 24.0 Å². The summed E-state index contributed by atoms with van der Waals surface area (Å²) in [7, 11) is 1.77. The molecule has 164 valence electrons. The lowest BCUT2D eigenvalue weighted by molar-refractivity contribution is -0.113. The van der Waals surface area contributed by atoms with Crippen molar-refractivity contribution in [3.63, 3.8) is 0 Å². The Hall–Kier alpha value is -3.42. The van der Waals surface area contributed by atoms with E-state index in [4.69, 9.17) is 4.98 Å². The molecule has 0 saturated heterocycles. The van der Waals surface area contributed by atoms with E-state index >= 15 is 0 Å². The van der Waals surface area contributed by atoms with E-state index in [-0.39, 0.29) is 11.3 Å². The van der Waals surface area contributed by atoms with Gasteiger partial charge in [0.2, 0.25) is 5.95 Å². The molecule has 0 atom stereocenters. The molecule has 0 fully saturated rings. The lowest BCUT2D eigenvalue weighted by Crippen LogP contribution is -2.27. The highest BCUT2D eigenvalue weighted by Crippen LogP contribution is 2.41. The molecule has 2 aromatic heterocycles. The van der Waals surface area contributed by atoms with Gasteiger partial charge < -0.3 is 4.90 Å². The second-order valence-corrected chi connectivity index (χ2v) is 8.17. The monoisotopic (exact) mass is 435 g/mol. The van der Waals surface area contributed by atoms with E-state index in [9.17, 15) is 13.6 Å². The normalized spacial score (nSPS) is 15.0. The molecular weight excluding hydrogens is 412 g/mol. The number of nitrogens with zero attached hydrogens (tertiary/aromatic N) is 5.